The van der Waals surface area contributed by atoms with Crippen LogP contribution in [0, 0.1) is 0 Å². The molecule has 0 bridgehead atoms. The van der Waals surface area contributed by atoms with Crippen molar-refractivity contribution in [1.82, 2.24) is 5.32 Å². The molecule has 0 saturated carbocycles. The fraction of sp³-hybridized carbons (Fsp3) is 0.217. The Morgan fingerprint density at radius 3 is 2.50 bits per heavy atom. The molecule has 3 aromatic carbocycles. The standard InChI is InChI=1S/C23H23NO2/c1-2-5-18(6-3-1)17-26-22-8-4-7-19(14-22)15-24-16-20-9-10-23-21(13-20)11-12-25-23/h1-10,13-14,24H,11-12,15-17H2. The number of benzene rings is 3. The zero-order chi connectivity index (χ0) is 17.6. The Labute approximate surface area is 154 Å². The quantitative estimate of drug-likeness (QED) is 0.684. The first-order valence-corrected chi connectivity index (χ1v) is 9.08. The predicted octanol–water partition coefficient (Wildman–Crippen LogP) is 4.49. The van der Waals surface area contributed by atoms with E-state index in [0.29, 0.717) is 6.61 Å². The Hall–Kier alpha value is -2.78. The Bertz CT molecular complexity index is 861. The van der Waals surface area contributed by atoms with E-state index in [-0.39, 0.29) is 0 Å². The van der Waals surface area contributed by atoms with Crippen LogP contribution < -0.4 is 14.8 Å². The zero-order valence-electron chi connectivity index (χ0n) is 14.8. The van der Waals surface area contributed by atoms with Crippen LogP contribution in [0.3, 0.4) is 0 Å². The summed E-state index contributed by atoms with van der Waals surface area (Å²) in [5, 5.41) is 3.51. The number of fused-ring (bicyclic) bond motifs is 1. The van der Waals surface area contributed by atoms with Gasteiger partial charge in [-0.25, -0.2) is 0 Å². The molecule has 0 aromatic heterocycles. The van der Waals surface area contributed by atoms with Crippen LogP contribution in [0.25, 0.3) is 0 Å². The second kappa shape index (κ2) is 8.07. The highest BCUT2D eigenvalue weighted by Gasteiger charge is 2.11. The van der Waals surface area contributed by atoms with Crippen LogP contribution in [-0.4, -0.2) is 6.61 Å². The van der Waals surface area contributed by atoms with Crippen LogP contribution >= 0.6 is 0 Å². The first-order valence-electron chi connectivity index (χ1n) is 9.08. The van der Waals surface area contributed by atoms with Crippen LogP contribution in [0.2, 0.25) is 0 Å². The molecule has 4 rings (SSSR count). The lowest BCUT2D eigenvalue weighted by Crippen LogP contribution is -2.12. The maximum Gasteiger partial charge on any atom is 0.122 e. The Balaban J connectivity index is 1.29. The summed E-state index contributed by atoms with van der Waals surface area (Å²) in [5.41, 5.74) is 5.02. The molecule has 3 aromatic rings. The highest BCUT2D eigenvalue weighted by atomic mass is 16.5. The van der Waals surface area contributed by atoms with Crippen LogP contribution in [0.1, 0.15) is 22.3 Å². The van der Waals surface area contributed by atoms with Crippen molar-refractivity contribution >= 4 is 0 Å². The van der Waals surface area contributed by atoms with Gasteiger partial charge in [0.25, 0.3) is 0 Å². The number of hydrogen-bond donors (Lipinski definition) is 1. The van der Waals surface area contributed by atoms with Crippen LogP contribution in [0.15, 0.2) is 72.8 Å². The molecule has 0 unspecified atom stereocenters. The minimum Gasteiger partial charge on any atom is -0.493 e. The van der Waals surface area contributed by atoms with E-state index < -0.39 is 0 Å². The van der Waals surface area contributed by atoms with Crippen molar-refractivity contribution < 1.29 is 9.47 Å². The van der Waals surface area contributed by atoms with Gasteiger partial charge in [-0.15, -0.1) is 0 Å². The van der Waals surface area contributed by atoms with Gasteiger partial charge in [0.15, 0.2) is 0 Å². The van der Waals surface area contributed by atoms with Crippen LogP contribution in [0.4, 0.5) is 0 Å². The summed E-state index contributed by atoms with van der Waals surface area (Å²) >= 11 is 0. The fourth-order valence-electron chi connectivity index (χ4n) is 3.19. The fourth-order valence-corrected chi connectivity index (χ4v) is 3.19. The normalized spacial score (nSPS) is 12.5. The molecule has 1 heterocycles. The Morgan fingerprint density at radius 2 is 1.62 bits per heavy atom. The van der Waals surface area contributed by atoms with Crippen molar-refractivity contribution in [2.75, 3.05) is 6.61 Å². The van der Waals surface area contributed by atoms with Crippen molar-refractivity contribution in [2.24, 2.45) is 0 Å². The van der Waals surface area contributed by atoms with Crippen LogP contribution in [-0.2, 0) is 26.1 Å². The summed E-state index contributed by atoms with van der Waals surface area (Å²) in [6, 6.07) is 25.0. The first-order chi connectivity index (χ1) is 12.9. The van der Waals surface area contributed by atoms with E-state index in [1.807, 2.05) is 30.3 Å². The molecule has 1 aliphatic heterocycles. The largest absolute Gasteiger partial charge is 0.493 e. The molecular weight excluding hydrogens is 322 g/mol. The van der Waals surface area contributed by atoms with Gasteiger partial charge < -0.3 is 14.8 Å². The van der Waals surface area contributed by atoms with Gasteiger partial charge in [0, 0.05) is 19.5 Å². The molecule has 1 aliphatic rings. The van der Waals surface area contributed by atoms with Gasteiger partial charge in [-0.1, -0.05) is 54.6 Å². The molecule has 0 radical (unpaired) electrons. The van der Waals surface area contributed by atoms with Crippen LogP contribution in [0.5, 0.6) is 11.5 Å². The van der Waals surface area contributed by atoms with Gasteiger partial charge in [-0.3, -0.25) is 0 Å². The lowest BCUT2D eigenvalue weighted by atomic mass is 10.1. The summed E-state index contributed by atoms with van der Waals surface area (Å²) < 4.78 is 11.5. The smallest absolute Gasteiger partial charge is 0.122 e. The molecule has 0 amide bonds. The van der Waals surface area contributed by atoms with Crippen molar-refractivity contribution in [2.45, 2.75) is 26.1 Å². The highest BCUT2D eigenvalue weighted by Crippen LogP contribution is 2.25. The molecule has 0 fully saturated rings. The van der Waals surface area contributed by atoms with E-state index in [1.54, 1.807) is 0 Å². The Morgan fingerprint density at radius 1 is 0.808 bits per heavy atom. The van der Waals surface area contributed by atoms with E-state index in [4.69, 9.17) is 9.47 Å². The molecule has 3 heteroatoms. The van der Waals surface area contributed by atoms with Gasteiger partial charge >= 0.3 is 0 Å². The zero-order valence-corrected chi connectivity index (χ0v) is 14.8. The van der Waals surface area contributed by atoms with Crippen molar-refractivity contribution in [3.05, 3.63) is 95.1 Å². The monoisotopic (exact) mass is 345 g/mol. The summed E-state index contributed by atoms with van der Waals surface area (Å²) in [4.78, 5) is 0. The SMILES string of the molecule is c1ccc(COc2cccc(CNCc3ccc4c(c3)CCO4)c2)cc1. The molecular formula is C23H23NO2. The van der Waals surface area contributed by atoms with E-state index >= 15 is 0 Å². The highest BCUT2D eigenvalue weighted by molar-refractivity contribution is 5.39. The third kappa shape index (κ3) is 4.24. The number of rotatable bonds is 7. The van der Waals surface area contributed by atoms with E-state index in [2.05, 4.69) is 47.8 Å². The van der Waals surface area contributed by atoms with Gasteiger partial charge in [-0.05, 0) is 40.5 Å². The Kier molecular flexibility index (Phi) is 5.17. The molecule has 1 N–H and O–H groups in total. The minimum atomic E-state index is 0.592. The summed E-state index contributed by atoms with van der Waals surface area (Å²) in [5.74, 6) is 1.94. The minimum absolute atomic E-state index is 0.592. The number of ether oxygens (including phenoxy) is 2. The second-order valence-electron chi connectivity index (χ2n) is 6.57. The third-order valence-electron chi connectivity index (χ3n) is 4.56. The molecule has 26 heavy (non-hydrogen) atoms. The van der Waals surface area contributed by atoms with Crippen molar-refractivity contribution in [1.29, 1.82) is 0 Å². The molecule has 3 nitrogen and oxygen atoms in total. The third-order valence-corrected chi connectivity index (χ3v) is 4.56. The van der Waals surface area contributed by atoms with Gasteiger partial charge in [0.05, 0.1) is 6.61 Å². The second-order valence-corrected chi connectivity index (χ2v) is 6.57. The maximum atomic E-state index is 5.91. The molecule has 0 saturated heterocycles. The molecule has 132 valence electrons. The number of nitrogens with one attached hydrogen (secondary N) is 1. The average molecular weight is 345 g/mol. The van der Waals surface area contributed by atoms with Gasteiger partial charge in [-0.2, -0.15) is 0 Å². The summed E-state index contributed by atoms with van der Waals surface area (Å²) in [6.07, 6.45) is 1.02. The topological polar surface area (TPSA) is 30.5 Å². The molecule has 0 atom stereocenters. The number of hydrogen-bond acceptors (Lipinski definition) is 3. The summed E-state index contributed by atoms with van der Waals surface area (Å²) in [6.45, 7) is 3.06. The van der Waals surface area contributed by atoms with Gasteiger partial charge in [0.1, 0.15) is 18.1 Å². The van der Waals surface area contributed by atoms with E-state index in [9.17, 15) is 0 Å². The van der Waals surface area contributed by atoms with E-state index in [1.165, 1.54) is 22.3 Å². The first kappa shape index (κ1) is 16.7. The average Bonchev–Trinajstić information content (AvgIpc) is 3.15. The maximum absolute atomic E-state index is 5.91. The lowest BCUT2D eigenvalue weighted by molar-refractivity contribution is 0.306. The summed E-state index contributed by atoms with van der Waals surface area (Å²) in [7, 11) is 0. The molecule has 0 aliphatic carbocycles. The predicted molar refractivity (Wildman–Crippen MR) is 103 cm³/mol. The molecule has 0 spiro atoms. The van der Waals surface area contributed by atoms with Crippen molar-refractivity contribution in [3.63, 3.8) is 0 Å². The lowest BCUT2D eigenvalue weighted by Gasteiger charge is -2.10. The van der Waals surface area contributed by atoms with Crippen molar-refractivity contribution in [3.8, 4) is 11.5 Å². The van der Waals surface area contributed by atoms with E-state index in [0.717, 1.165) is 37.6 Å². The van der Waals surface area contributed by atoms with Gasteiger partial charge in [0.2, 0.25) is 0 Å².